The third-order valence-electron chi connectivity index (χ3n) is 1.89. The van der Waals surface area contributed by atoms with Crippen molar-refractivity contribution in [1.29, 1.82) is 0 Å². The number of pyridine rings is 1. The molecule has 60 valence electrons. The van der Waals surface area contributed by atoms with Crippen LogP contribution in [0.5, 0.6) is 0 Å². The van der Waals surface area contributed by atoms with Crippen LogP contribution in [-0.2, 0) is 6.42 Å². The van der Waals surface area contributed by atoms with Gasteiger partial charge in [-0.05, 0) is 24.5 Å². The molecule has 1 aromatic heterocycles. The fourth-order valence-electron chi connectivity index (χ4n) is 1.36. The Morgan fingerprint density at radius 2 is 2.36 bits per heavy atom. The summed E-state index contributed by atoms with van der Waals surface area (Å²) in [6, 6.07) is 4.07. The van der Waals surface area contributed by atoms with Crippen LogP contribution in [0.1, 0.15) is 23.1 Å². The summed E-state index contributed by atoms with van der Waals surface area (Å²) in [5, 5.41) is 0.163. The highest BCUT2D eigenvalue weighted by molar-refractivity contribution is 6.21. The lowest BCUT2D eigenvalue weighted by molar-refractivity contribution is 0.867. The number of halogens is 2. The van der Waals surface area contributed by atoms with Crippen molar-refractivity contribution in [2.45, 2.75) is 18.2 Å². The van der Waals surface area contributed by atoms with Gasteiger partial charge in [0.15, 0.2) is 0 Å². The Morgan fingerprint density at radius 1 is 1.55 bits per heavy atom. The average molecular weight is 190 g/mol. The highest BCUT2D eigenvalue weighted by Crippen LogP contribution is 2.33. The summed E-state index contributed by atoms with van der Waals surface area (Å²) in [6.45, 7) is 0. The van der Waals surface area contributed by atoms with Crippen molar-refractivity contribution >= 4 is 24.0 Å². The van der Waals surface area contributed by atoms with E-state index in [4.69, 9.17) is 11.6 Å². The molecule has 0 saturated heterocycles. The first-order valence-corrected chi connectivity index (χ1v) is 3.89. The largest absolute Gasteiger partial charge is 0.259 e. The van der Waals surface area contributed by atoms with Crippen molar-refractivity contribution in [2.75, 3.05) is 0 Å². The molecule has 2 rings (SSSR count). The summed E-state index contributed by atoms with van der Waals surface area (Å²) in [7, 11) is 0. The first kappa shape index (κ1) is 8.82. The van der Waals surface area contributed by atoms with Crippen LogP contribution >= 0.6 is 24.0 Å². The van der Waals surface area contributed by atoms with Crippen LogP contribution in [-0.4, -0.2) is 4.98 Å². The van der Waals surface area contributed by atoms with Gasteiger partial charge < -0.3 is 0 Å². The van der Waals surface area contributed by atoms with Crippen LogP contribution in [0.4, 0.5) is 0 Å². The summed E-state index contributed by atoms with van der Waals surface area (Å²) in [5.74, 6) is 0. The molecule has 0 amide bonds. The van der Waals surface area contributed by atoms with E-state index in [0.29, 0.717) is 0 Å². The number of nitrogens with zero attached hydrogens (tertiary/aromatic N) is 1. The summed E-state index contributed by atoms with van der Waals surface area (Å²) in [4.78, 5) is 4.21. The van der Waals surface area contributed by atoms with Crippen molar-refractivity contribution in [3.8, 4) is 0 Å². The fraction of sp³-hybridized carbons (Fsp3) is 0.375. The zero-order valence-electron chi connectivity index (χ0n) is 5.96. The van der Waals surface area contributed by atoms with Gasteiger partial charge >= 0.3 is 0 Å². The molecule has 0 aliphatic heterocycles. The molecule has 0 N–H and O–H groups in total. The second-order valence-electron chi connectivity index (χ2n) is 2.55. The van der Waals surface area contributed by atoms with Gasteiger partial charge in [-0.3, -0.25) is 4.98 Å². The molecule has 0 fully saturated rings. The Morgan fingerprint density at radius 3 is 3.09 bits per heavy atom. The predicted octanol–water partition coefficient (Wildman–Crippen LogP) is 2.73. The van der Waals surface area contributed by atoms with Gasteiger partial charge in [0.25, 0.3) is 0 Å². The second-order valence-corrected chi connectivity index (χ2v) is 3.08. The molecule has 0 spiro atoms. The minimum absolute atomic E-state index is 0. The topological polar surface area (TPSA) is 12.9 Å². The SMILES string of the molecule is Cl.ClC1CCc2cccnc21. The maximum atomic E-state index is 5.98. The normalized spacial score (nSPS) is 20.6. The van der Waals surface area contributed by atoms with E-state index in [9.17, 15) is 0 Å². The summed E-state index contributed by atoms with van der Waals surface area (Å²) in [5.41, 5.74) is 2.41. The third kappa shape index (κ3) is 1.49. The third-order valence-corrected chi connectivity index (χ3v) is 2.31. The molecule has 11 heavy (non-hydrogen) atoms. The zero-order valence-corrected chi connectivity index (χ0v) is 7.53. The van der Waals surface area contributed by atoms with Crippen molar-refractivity contribution in [2.24, 2.45) is 0 Å². The number of hydrogen-bond acceptors (Lipinski definition) is 1. The van der Waals surface area contributed by atoms with Crippen LogP contribution in [0.2, 0.25) is 0 Å². The van der Waals surface area contributed by atoms with Crippen LogP contribution in [0.3, 0.4) is 0 Å². The van der Waals surface area contributed by atoms with E-state index >= 15 is 0 Å². The maximum Gasteiger partial charge on any atom is 0.0763 e. The monoisotopic (exact) mass is 189 g/mol. The fourth-order valence-corrected chi connectivity index (χ4v) is 1.67. The molecule has 1 aliphatic rings. The van der Waals surface area contributed by atoms with E-state index in [2.05, 4.69) is 11.1 Å². The quantitative estimate of drug-likeness (QED) is 0.573. The Bertz CT molecular complexity index is 250. The van der Waals surface area contributed by atoms with Gasteiger partial charge in [0.1, 0.15) is 0 Å². The Hall–Kier alpha value is -0.270. The Balaban J connectivity index is 0.000000605. The van der Waals surface area contributed by atoms with Gasteiger partial charge in [0.2, 0.25) is 0 Å². The molecule has 1 aliphatic carbocycles. The van der Waals surface area contributed by atoms with E-state index in [-0.39, 0.29) is 17.8 Å². The number of aryl methyl sites for hydroxylation is 1. The second kappa shape index (κ2) is 3.42. The smallest absolute Gasteiger partial charge is 0.0763 e. The molecule has 0 bridgehead atoms. The van der Waals surface area contributed by atoms with Crippen LogP contribution < -0.4 is 0 Å². The van der Waals surface area contributed by atoms with Crippen molar-refractivity contribution in [3.63, 3.8) is 0 Å². The molecule has 0 saturated carbocycles. The molecular formula is C8H9Cl2N. The number of aromatic nitrogens is 1. The van der Waals surface area contributed by atoms with Gasteiger partial charge in [-0.15, -0.1) is 24.0 Å². The van der Waals surface area contributed by atoms with Crippen LogP contribution in [0.25, 0.3) is 0 Å². The van der Waals surface area contributed by atoms with Crippen molar-refractivity contribution in [1.82, 2.24) is 4.98 Å². The molecule has 1 nitrogen and oxygen atoms in total. The van der Waals surface area contributed by atoms with Gasteiger partial charge in [-0.25, -0.2) is 0 Å². The zero-order chi connectivity index (χ0) is 6.97. The van der Waals surface area contributed by atoms with Crippen LogP contribution in [0, 0.1) is 0 Å². The number of hydrogen-bond donors (Lipinski definition) is 0. The highest BCUT2D eigenvalue weighted by Gasteiger charge is 2.20. The predicted molar refractivity (Wildman–Crippen MR) is 48.4 cm³/mol. The molecule has 3 heteroatoms. The van der Waals surface area contributed by atoms with E-state index in [0.717, 1.165) is 18.5 Å². The Kier molecular flexibility index (Phi) is 2.74. The molecule has 1 atom stereocenters. The van der Waals surface area contributed by atoms with E-state index in [1.54, 1.807) is 6.20 Å². The first-order valence-electron chi connectivity index (χ1n) is 3.46. The van der Waals surface area contributed by atoms with Crippen LogP contribution in [0.15, 0.2) is 18.3 Å². The Labute approximate surface area is 77.2 Å². The number of alkyl halides is 1. The average Bonchev–Trinajstić information content (AvgIpc) is 2.34. The van der Waals surface area contributed by atoms with E-state index in [1.807, 2.05) is 6.07 Å². The molecule has 1 aromatic rings. The lowest BCUT2D eigenvalue weighted by atomic mass is 10.2. The molecule has 0 aromatic carbocycles. The maximum absolute atomic E-state index is 5.98. The summed E-state index contributed by atoms with van der Waals surface area (Å²) >= 11 is 5.98. The summed E-state index contributed by atoms with van der Waals surface area (Å²) < 4.78 is 0. The lowest BCUT2D eigenvalue weighted by Gasteiger charge is -1.97. The molecular weight excluding hydrogens is 181 g/mol. The van der Waals surface area contributed by atoms with E-state index < -0.39 is 0 Å². The van der Waals surface area contributed by atoms with Gasteiger partial charge in [-0.1, -0.05) is 6.07 Å². The van der Waals surface area contributed by atoms with E-state index in [1.165, 1.54) is 5.56 Å². The van der Waals surface area contributed by atoms with Gasteiger partial charge in [0, 0.05) is 6.20 Å². The highest BCUT2D eigenvalue weighted by atomic mass is 35.5. The molecule has 1 heterocycles. The summed E-state index contributed by atoms with van der Waals surface area (Å²) in [6.07, 6.45) is 3.95. The minimum Gasteiger partial charge on any atom is -0.259 e. The number of rotatable bonds is 0. The molecule has 1 unspecified atom stereocenters. The lowest BCUT2D eigenvalue weighted by Crippen LogP contribution is -1.86. The van der Waals surface area contributed by atoms with Gasteiger partial charge in [-0.2, -0.15) is 0 Å². The minimum atomic E-state index is 0. The van der Waals surface area contributed by atoms with Gasteiger partial charge in [0.05, 0.1) is 11.1 Å². The molecule has 0 radical (unpaired) electrons. The standard InChI is InChI=1S/C8H8ClN.ClH/c9-7-4-3-6-2-1-5-10-8(6)7;/h1-2,5,7H,3-4H2;1H. The van der Waals surface area contributed by atoms with Crippen molar-refractivity contribution < 1.29 is 0 Å². The number of fused-ring (bicyclic) bond motifs is 1. The first-order chi connectivity index (χ1) is 4.88. The van der Waals surface area contributed by atoms with Crippen molar-refractivity contribution in [3.05, 3.63) is 29.6 Å².